The number of rotatable bonds is 7. The van der Waals surface area contributed by atoms with Crippen LogP contribution in [-0.4, -0.2) is 38.0 Å². The molecule has 0 aliphatic heterocycles. The molecule has 4 atom stereocenters. The Morgan fingerprint density at radius 2 is 0.960 bits per heavy atom. The van der Waals surface area contributed by atoms with Gasteiger partial charge >= 0.3 is 0 Å². The number of halogens is 4. The Labute approximate surface area is 323 Å². The zero-order chi connectivity index (χ0) is 38.0. The van der Waals surface area contributed by atoms with Crippen LogP contribution < -0.4 is 11.5 Å². The molecule has 0 saturated carbocycles. The van der Waals surface area contributed by atoms with Crippen LogP contribution in [0.4, 0.5) is 0 Å². The summed E-state index contributed by atoms with van der Waals surface area (Å²) >= 11 is 14.1. The van der Waals surface area contributed by atoms with Gasteiger partial charge in [0.2, 0.25) is 2.82 Å². The lowest BCUT2D eigenvalue weighted by Crippen LogP contribution is -2.54. The maximum Gasteiger partial charge on any atom is 0.281 e. The minimum absolute atomic E-state index is 0.0391. The standard InChI is InChI=1S/C32H24Br4N6O6S2/c33-21-9-17(10-22(34)27(21)31(49(43,44)45)19-7-3-1-5-15(19)13-25(41-39)29(31)37)18-11-23(35)28(24(36)12-18)32(50(46,47)48)20-8-4-2-6-16(20)14-26(42-40)30(32)38/h1-14,29-30,39-40H,37-38H2,(H,43,44,45)(H,46,47,48)/b41-39+,42-40+. The Morgan fingerprint density at radius 3 is 1.26 bits per heavy atom. The van der Waals surface area contributed by atoms with Crippen LogP contribution in [0.3, 0.4) is 0 Å². The molecule has 0 aromatic heterocycles. The zero-order valence-corrected chi connectivity index (χ0v) is 33.0. The molecule has 0 radical (unpaired) electrons. The third kappa shape index (κ3) is 5.30. The topological polar surface area (TPSA) is 233 Å². The van der Waals surface area contributed by atoms with Crippen LogP contribution >= 0.6 is 63.7 Å². The molecule has 50 heavy (non-hydrogen) atoms. The average molecular weight is 972 g/mol. The summed E-state index contributed by atoms with van der Waals surface area (Å²) in [4.78, 5) is 0. The molecule has 0 spiro atoms. The number of hydrogen-bond acceptors (Lipinski definition) is 10. The summed E-state index contributed by atoms with van der Waals surface area (Å²) in [5.41, 5.74) is 21.4. The number of nitrogens with zero attached hydrogens (tertiary/aromatic N) is 2. The van der Waals surface area contributed by atoms with Crippen molar-refractivity contribution in [1.29, 1.82) is 11.0 Å². The Balaban J connectivity index is 1.59. The van der Waals surface area contributed by atoms with Crippen LogP contribution in [0, 0.1) is 11.0 Å². The normalized spacial score (nSPS) is 24.3. The maximum absolute atomic E-state index is 13.6. The van der Waals surface area contributed by atoms with Crippen LogP contribution in [0.1, 0.15) is 33.4 Å². The van der Waals surface area contributed by atoms with Gasteiger partial charge in [0.15, 0.2) is 9.49 Å². The molecule has 0 bridgehead atoms. The number of fused-ring (bicyclic) bond motifs is 2. The minimum Gasteiger partial charge on any atom is -0.321 e. The van der Waals surface area contributed by atoms with E-state index < -0.39 is 41.8 Å². The van der Waals surface area contributed by atoms with Crippen molar-refractivity contribution in [2.45, 2.75) is 21.6 Å². The lowest BCUT2D eigenvalue weighted by atomic mass is 9.76. The fourth-order valence-corrected chi connectivity index (χ4v) is 13.9. The Hall–Kier alpha value is -2.78. The first-order valence-corrected chi connectivity index (χ1v) is 20.3. The number of benzene rings is 4. The first-order valence-electron chi connectivity index (χ1n) is 15.1. The molecule has 258 valence electrons. The van der Waals surface area contributed by atoms with Gasteiger partial charge in [-0.3, -0.25) is 9.11 Å². The second kappa shape index (κ2) is 13.0. The number of nitrogens with two attached hydrogens (primary N) is 2. The lowest BCUT2D eigenvalue weighted by Gasteiger charge is -2.41. The molecular weight excluding hydrogens is 948 g/mol. The van der Waals surface area contributed by atoms with Crippen LogP contribution in [0.5, 0.6) is 0 Å². The van der Waals surface area contributed by atoms with E-state index in [2.05, 4.69) is 85.0 Å². The van der Waals surface area contributed by atoms with E-state index in [4.69, 9.17) is 14.3 Å². The van der Waals surface area contributed by atoms with Crippen molar-refractivity contribution in [2.75, 3.05) is 0 Å². The second-order valence-corrected chi connectivity index (χ2v) is 18.1. The van der Waals surface area contributed by atoms with Gasteiger partial charge in [-0.25, -0.2) is 11.0 Å². The fourth-order valence-electron chi connectivity index (χ4n) is 6.98. The molecule has 0 heterocycles. The molecule has 2 aliphatic carbocycles. The highest BCUT2D eigenvalue weighted by molar-refractivity contribution is 9.11. The molecule has 4 aromatic carbocycles. The second-order valence-electron chi connectivity index (χ2n) is 11.5. The number of hydrogen-bond donors (Lipinski definition) is 6. The van der Waals surface area contributed by atoms with Gasteiger partial charge in [-0.2, -0.15) is 27.1 Å². The van der Waals surface area contributed by atoms with Crippen LogP contribution in [-0.2, 0) is 29.7 Å². The summed E-state index contributed by atoms with van der Waals surface area (Å²) < 4.78 is 87.3. The molecule has 8 N–H and O–H groups in total. The van der Waals surface area contributed by atoms with Crippen molar-refractivity contribution >= 4 is 96.1 Å². The van der Waals surface area contributed by atoms with Crippen molar-refractivity contribution in [2.24, 2.45) is 21.7 Å². The van der Waals surface area contributed by atoms with Crippen molar-refractivity contribution in [3.63, 3.8) is 0 Å². The third-order valence-electron chi connectivity index (χ3n) is 9.05. The van der Waals surface area contributed by atoms with Gasteiger partial charge in [0, 0.05) is 29.0 Å². The quantitative estimate of drug-likeness (QED) is 0.0781. The van der Waals surface area contributed by atoms with E-state index in [1.807, 2.05) is 0 Å². The van der Waals surface area contributed by atoms with E-state index in [9.17, 15) is 25.9 Å². The molecule has 0 amide bonds. The molecule has 18 heteroatoms. The Bertz CT molecular complexity index is 2300. The highest BCUT2D eigenvalue weighted by Crippen LogP contribution is 2.54. The Kier molecular flexibility index (Phi) is 8.93. The average Bonchev–Trinajstić information content (AvgIpc) is 3.06. The van der Waals surface area contributed by atoms with Gasteiger partial charge in [-0.1, -0.05) is 112 Å². The summed E-state index contributed by atoms with van der Waals surface area (Å²) in [6.07, 6.45) is 3.00. The van der Waals surface area contributed by atoms with E-state index in [1.54, 1.807) is 60.7 Å². The molecule has 0 saturated heterocycles. The lowest BCUT2D eigenvalue weighted by molar-refractivity contribution is 0.422. The van der Waals surface area contributed by atoms with E-state index in [0.29, 0.717) is 22.3 Å². The molecule has 12 nitrogen and oxygen atoms in total. The fraction of sp³-hybridized carbons (Fsp3) is 0.125. The van der Waals surface area contributed by atoms with E-state index in [-0.39, 0.29) is 51.5 Å². The van der Waals surface area contributed by atoms with E-state index in [0.717, 1.165) is 0 Å². The molecule has 4 unspecified atom stereocenters. The first kappa shape index (κ1) is 34.3. The van der Waals surface area contributed by atoms with Crippen LogP contribution in [0.25, 0.3) is 23.3 Å². The summed E-state index contributed by atoms with van der Waals surface area (Å²) in [6.45, 7) is 0. The van der Waals surface area contributed by atoms with E-state index in [1.165, 1.54) is 24.3 Å². The number of nitrogens with one attached hydrogen (secondary N) is 2. The van der Waals surface area contributed by atoms with Crippen molar-refractivity contribution in [1.82, 2.24) is 0 Å². The summed E-state index contributed by atoms with van der Waals surface area (Å²) in [6, 6.07) is 16.2. The van der Waals surface area contributed by atoms with E-state index >= 15 is 0 Å². The first-order chi connectivity index (χ1) is 24.5. The largest absolute Gasteiger partial charge is 0.321 e. The van der Waals surface area contributed by atoms with Crippen molar-refractivity contribution in [3.05, 3.63) is 135 Å². The van der Waals surface area contributed by atoms with Gasteiger partial charge < -0.3 is 11.5 Å². The Morgan fingerprint density at radius 1 is 0.640 bits per heavy atom. The highest BCUT2D eigenvalue weighted by atomic mass is 79.9. The van der Waals surface area contributed by atoms with Gasteiger partial charge in [-0.05, 0) is 69.8 Å². The predicted octanol–water partition coefficient (Wildman–Crippen LogP) is 8.09. The van der Waals surface area contributed by atoms with Gasteiger partial charge in [-0.15, -0.1) is 0 Å². The maximum atomic E-state index is 13.6. The third-order valence-corrected chi connectivity index (χ3v) is 14.5. The van der Waals surface area contributed by atoms with Crippen molar-refractivity contribution in [3.8, 4) is 11.1 Å². The van der Waals surface area contributed by atoms with Gasteiger partial charge in [0.1, 0.15) is 0 Å². The molecular formula is C32H24Br4N6O6S2. The van der Waals surface area contributed by atoms with Gasteiger partial charge in [0.05, 0.1) is 23.5 Å². The monoisotopic (exact) mass is 968 g/mol. The SMILES string of the molecule is [H]/N=N/C1=Cc2ccccc2C(c2c(Br)cc(-c3cc(Br)c(C4(S(=O)(=O)O)c5ccccc5C=C(/N=N/[H])C4N)c(Br)c3)cc2Br)(S(=O)(=O)O)C1N. The zero-order valence-electron chi connectivity index (χ0n) is 27.0. The van der Waals surface area contributed by atoms with Gasteiger partial charge in [0.25, 0.3) is 20.2 Å². The molecule has 6 rings (SSSR count). The summed E-state index contributed by atoms with van der Waals surface area (Å²) in [5, 5.41) is 7.53. The van der Waals surface area contributed by atoms with Crippen LogP contribution in [0.15, 0.2) is 112 Å². The van der Waals surface area contributed by atoms with Crippen LogP contribution in [0.2, 0.25) is 2.82 Å². The summed E-state index contributed by atoms with van der Waals surface area (Å²) in [7, 11) is -10.2. The smallest absolute Gasteiger partial charge is 0.281 e. The molecule has 0 fully saturated rings. The highest BCUT2D eigenvalue weighted by Gasteiger charge is 2.59. The minimum atomic E-state index is -5.09. The molecule has 4 aromatic rings. The molecule has 2 aliphatic rings. The summed E-state index contributed by atoms with van der Waals surface area (Å²) in [5.74, 6) is 0. The predicted molar refractivity (Wildman–Crippen MR) is 202 cm³/mol. The van der Waals surface area contributed by atoms with Crippen molar-refractivity contribution < 1.29 is 28.8 Å².